The van der Waals surface area contributed by atoms with E-state index in [0.29, 0.717) is 24.5 Å². The maximum Gasteiger partial charge on any atom is 0.414 e. The Bertz CT molecular complexity index is 982. The van der Waals surface area contributed by atoms with Gasteiger partial charge in [0.05, 0.1) is 49.9 Å². The van der Waals surface area contributed by atoms with Gasteiger partial charge in [0.2, 0.25) is 5.91 Å². The first-order chi connectivity index (χ1) is 14.5. The third-order valence-electron chi connectivity index (χ3n) is 5.46. The lowest BCUT2D eigenvalue weighted by atomic mass is 10.2. The van der Waals surface area contributed by atoms with Gasteiger partial charge in [-0.3, -0.25) is 14.4 Å². The summed E-state index contributed by atoms with van der Waals surface area (Å²) >= 11 is 0. The average Bonchev–Trinajstić information content (AvgIpc) is 3.12. The smallest absolute Gasteiger partial charge is 0.414 e. The molecule has 2 amide bonds. The Balaban J connectivity index is 1.25. The highest BCUT2D eigenvalue weighted by atomic mass is 19.1. The van der Waals surface area contributed by atoms with Crippen molar-refractivity contribution in [3.05, 3.63) is 41.5 Å². The predicted octanol–water partition coefficient (Wildman–Crippen LogP) is 1.40. The number of nitrogens with zero attached hydrogens (tertiary/aromatic N) is 4. The summed E-state index contributed by atoms with van der Waals surface area (Å²) in [5.74, 6) is -0.603. The molecule has 2 atom stereocenters. The lowest BCUT2D eigenvalue weighted by Crippen LogP contribution is -2.33. The van der Waals surface area contributed by atoms with Gasteiger partial charge in [0.15, 0.2) is 0 Å². The minimum Gasteiger partial charge on any atom is -0.442 e. The van der Waals surface area contributed by atoms with Gasteiger partial charge in [-0.05, 0) is 18.2 Å². The maximum absolute atomic E-state index is 14.9. The van der Waals surface area contributed by atoms with Gasteiger partial charge in [-0.25, -0.2) is 9.18 Å². The molecular formula is C20H22FN5O4. The number of aromatic nitrogens is 2. The van der Waals surface area contributed by atoms with Crippen molar-refractivity contribution in [1.82, 2.24) is 15.1 Å². The Morgan fingerprint density at radius 2 is 2.17 bits per heavy atom. The molecule has 1 aromatic carbocycles. The van der Waals surface area contributed by atoms with Crippen molar-refractivity contribution in [1.29, 1.82) is 0 Å². The number of benzene rings is 1. The molecule has 3 aliphatic heterocycles. The van der Waals surface area contributed by atoms with Crippen LogP contribution in [0.4, 0.5) is 20.6 Å². The summed E-state index contributed by atoms with van der Waals surface area (Å²) in [5.41, 5.74) is 2.93. The van der Waals surface area contributed by atoms with E-state index in [0.717, 1.165) is 24.4 Å². The first kappa shape index (κ1) is 18.9. The standard InChI is InChI=1S/C20H22FN5O4/c1-12(27)22-5-15-9-26(20(28)30-15)14-2-3-19(17(21)4-14)24-6-13-7-25(8-16-11-29-16)23-18(13)10-24/h2-4,7,15-16H,5-6,8-11H2,1H3,(H,22,27)/t15-,16-/m0/s1. The number of carbonyl (C=O) groups excluding carboxylic acids is 2. The minimum absolute atomic E-state index is 0.195. The summed E-state index contributed by atoms with van der Waals surface area (Å²) in [6.07, 6.45) is 1.25. The van der Waals surface area contributed by atoms with E-state index >= 15 is 0 Å². The zero-order chi connectivity index (χ0) is 20.8. The van der Waals surface area contributed by atoms with Crippen LogP contribution in [0.3, 0.4) is 0 Å². The van der Waals surface area contributed by atoms with Crippen LogP contribution in [0, 0.1) is 5.82 Å². The molecule has 0 radical (unpaired) electrons. The molecule has 0 unspecified atom stereocenters. The van der Waals surface area contributed by atoms with Crippen LogP contribution in [0.5, 0.6) is 0 Å². The van der Waals surface area contributed by atoms with Gasteiger partial charge in [-0.15, -0.1) is 0 Å². The average molecular weight is 415 g/mol. The van der Waals surface area contributed by atoms with Gasteiger partial charge >= 0.3 is 6.09 Å². The van der Waals surface area contributed by atoms with Crippen molar-refractivity contribution in [3.8, 4) is 0 Å². The van der Waals surface area contributed by atoms with Crippen LogP contribution in [-0.4, -0.2) is 53.7 Å². The molecule has 158 valence electrons. The lowest BCUT2D eigenvalue weighted by molar-refractivity contribution is -0.119. The van der Waals surface area contributed by atoms with Crippen molar-refractivity contribution < 1.29 is 23.5 Å². The molecule has 2 fully saturated rings. The van der Waals surface area contributed by atoms with Gasteiger partial charge in [0.1, 0.15) is 18.0 Å². The molecular weight excluding hydrogens is 393 g/mol. The van der Waals surface area contributed by atoms with Crippen LogP contribution < -0.4 is 15.1 Å². The first-order valence-electron chi connectivity index (χ1n) is 9.90. The van der Waals surface area contributed by atoms with Crippen molar-refractivity contribution in [2.75, 3.05) is 29.5 Å². The van der Waals surface area contributed by atoms with E-state index in [1.54, 1.807) is 12.1 Å². The summed E-state index contributed by atoms with van der Waals surface area (Å²) in [7, 11) is 0. The summed E-state index contributed by atoms with van der Waals surface area (Å²) < 4.78 is 27.3. The number of halogens is 1. The Labute approximate surface area is 172 Å². The molecule has 1 aromatic heterocycles. The van der Waals surface area contributed by atoms with E-state index in [1.807, 2.05) is 15.8 Å². The Morgan fingerprint density at radius 3 is 2.87 bits per heavy atom. The van der Waals surface area contributed by atoms with Crippen molar-refractivity contribution >= 4 is 23.4 Å². The molecule has 3 aliphatic rings. The van der Waals surface area contributed by atoms with Gasteiger partial charge in [0, 0.05) is 25.2 Å². The number of epoxide rings is 1. The number of hydrogen-bond donors (Lipinski definition) is 1. The Kier molecular flexibility index (Phi) is 4.58. The lowest BCUT2D eigenvalue weighted by Gasteiger charge is -2.21. The highest BCUT2D eigenvalue weighted by Crippen LogP contribution is 2.33. The monoisotopic (exact) mass is 415 g/mol. The molecule has 0 spiro atoms. The molecule has 0 bridgehead atoms. The quantitative estimate of drug-likeness (QED) is 0.717. The number of amides is 2. The third kappa shape index (κ3) is 3.70. The zero-order valence-electron chi connectivity index (χ0n) is 16.5. The van der Waals surface area contributed by atoms with Crippen LogP contribution in [0.1, 0.15) is 18.2 Å². The van der Waals surface area contributed by atoms with Gasteiger partial charge in [-0.2, -0.15) is 5.10 Å². The molecule has 5 rings (SSSR count). The SMILES string of the molecule is CC(=O)NC[C@H]1CN(c2ccc(N3Cc4cn(C[C@H]5CO5)nc4C3)c(F)c2)C(=O)O1. The molecule has 9 nitrogen and oxygen atoms in total. The van der Waals surface area contributed by atoms with Gasteiger partial charge < -0.3 is 19.7 Å². The minimum atomic E-state index is -0.549. The molecule has 30 heavy (non-hydrogen) atoms. The molecule has 4 heterocycles. The summed E-state index contributed by atoms with van der Waals surface area (Å²) in [4.78, 5) is 26.5. The maximum atomic E-state index is 14.9. The second-order valence-electron chi connectivity index (χ2n) is 7.82. The second kappa shape index (κ2) is 7.28. The largest absolute Gasteiger partial charge is 0.442 e. The van der Waals surface area contributed by atoms with E-state index < -0.39 is 18.0 Å². The summed E-state index contributed by atoms with van der Waals surface area (Å²) in [6, 6.07) is 4.73. The normalized spacial score (nSPS) is 22.3. The molecule has 0 saturated carbocycles. The molecule has 0 aliphatic carbocycles. The van der Waals surface area contributed by atoms with E-state index in [-0.39, 0.29) is 25.1 Å². The summed E-state index contributed by atoms with van der Waals surface area (Å²) in [6.45, 7) is 4.54. The summed E-state index contributed by atoms with van der Waals surface area (Å²) in [5, 5.41) is 7.20. The van der Waals surface area contributed by atoms with Crippen molar-refractivity contribution in [2.24, 2.45) is 0 Å². The number of anilines is 2. The number of cyclic esters (lactones) is 1. The predicted molar refractivity (Wildman–Crippen MR) is 105 cm³/mol. The highest BCUT2D eigenvalue weighted by molar-refractivity contribution is 5.90. The first-order valence-corrected chi connectivity index (χ1v) is 9.90. The van der Waals surface area contributed by atoms with Crippen LogP contribution in [-0.2, 0) is 33.9 Å². The Morgan fingerprint density at radius 1 is 1.33 bits per heavy atom. The number of rotatable bonds is 6. The molecule has 1 N–H and O–H groups in total. The van der Waals surface area contributed by atoms with Crippen molar-refractivity contribution in [3.63, 3.8) is 0 Å². The topological polar surface area (TPSA) is 92.2 Å². The number of ether oxygens (including phenoxy) is 2. The molecule has 2 aromatic rings. The van der Waals surface area contributed by atoms with E-state index in [1.165, 1.54) is 17.9 Å². The fraction of sp³-hybridized carbons (Fsp3) is 0.450. The zero-order valence-corrected chi connectivity index (χ0v) is 16.5. The van der Waals surface area contributed by atoms with E-state index in [2.05, 4.69) is 10.4 Å². The Hall–Kier alpha value is -3.14. The number of carbonyl (C=O) groups is 2. The molecule has 10 heteroatoms. The number of nitrogens with one attached hydrogen (secondary N) is 1. The van der Waals surface area contributed by atoms with Gasteiger partial charge in [-0.1, -0.05) is 0 Å². The van der Waals surface area contributed by atoms with Crippen LogP contribution >= 0.6 is 0 Å². The fourth-order valence-electron chi connectivity index (χ4n) is 3.87. The second-order valence-corrected chi connectivity index (χ2v) is 7.82. The van der Waals surface area contributed by atoms with Gasteiger partial charge in [0.25, 0.3) is 0 Å². The van der Waals surface area contributed by atoms with Crippen LogP contribution in [0.2, 0.25) is 0 Å². The number of hydrogen-bond acceptors (Lipinski definition) is 6. The highest BCUT2D eigenvalue weighted by Gasteiger charge is 2.33. The third-order valence-corrected chi connectivity index (χ3v) is 5.46. The fourth-order valence-corrected chi connectivity index (χ4v) is 3.87. The van der Waals surface area contributed by atoms with E-state index in [4.69, 9.17) is 9.47 Å². The number of fused-ring (bicyclic) bond motifs is 1. The van der Waals surface area contributed by atoms with Crippen molar-refractivity contribution in [2.45, 2.75) is 38.8 Å². The van der Waals surface area contributed by atoms with Crippen LogP contribution in [0.15, 0.2) is 24.4 Å². The molecule has 2 saturated heterocycles. The van der Waals surface area contributed by atoms with Crippen LogP contribution in [0.25, 0.3) is 0 Å². The van der Waals surface area contributed by atoms with E-state index in [9.17, 15) is 14.0 Å².